The maximum Gasteiger partial charge on any atom is 0.327 e. The number of hydrogen-bond donors (Lipinski definition) is 1. The molecule has 0 bridgehead atoms. The van der Waals surface area contributed by atoms with Gasteiger partial charge in [0, 0.05) is 6.20 Å². The Kier molecular flexibility index (Phi) is 3.23. The van der Waals surface area contributed by atoms with Crippen LogP contribution in [0.15, 0.2) is 11.2 Å². The fourth-order valence-corrected chi connectivity index (χ4v) is 4.31. The van der Waals surface area contributed by atoms with Gasteiger partial charge in [-0.05, 0) is 6.92 Å². The number of rotatable bonds is 2. The van der Waals surface area contributed by atoms with Crippen LogP contribution in [0, 0.1) is 18.4 Å². The molecule has 1 N–H and O–H groups in total. The zero-order chi connectivity index (χ0) is 10.7. The van der Waals surface area contributed by atoms with Crippen molar-refractivity contribution in [1.29, 1.82) is 5.26 Å². The van der Waals surface area contributed by atoms with Crippen molar-refractivity contribution in [3.8, 4) is 6.19 Å². The van der Waals surface area contributed by atoms with E-state index in [1.165, 1.54) is 4.88 Å². The van der Waals surface area contributed by atoms with Crippen LogP contribution in [0.3, 0.4) is 0 Å². The van der Waals surface area contributed by atoms with Crippen LogP contribution >= 0.6 is 11.3 Å². The van der Waals surface area contributed by atoms with E-state index in [0.29, 0.717) is 0 Å². The van der Waals surface area contributed by atoms with Crippen molar-refractivity contribution in [3.05, 3.63) is 16.1 Å². The second-order valence-electron chi connectivity index (χ2n) is 3.11. The fourth-order valence-electron chi connectivity index (χ4n) is 1.39. The van der Waals surface area contributed by atoms with E-state index in [9.17, 15) is 0 Å². The summed E-state index contributed by atoms with van der Waals surface area (Å²) < 4.78 is 0. The SMILES string of the molecule is Cc1ncc(C[S+]2CCN=C2NC#N)s1. The Hall–Kier alpha value is -1.06. The number of nitriles is 1. The van der Waals surface area contributed by atoms with Gasteiger partial charge in [0.1, 0.15) is 5.75 Å². The normalized spacial score (nSPS) is 19.7. The minimum absolute atomic E-state index is 0.0842. The molecule has 0 radical (unpaired) electrons. The molecule has 4 nitrogen and oxygen atoms in total. The largest absolute Gasteiger partial charge is 0.327 e. The molecule has 0 saturated heterocycles. The topological polar surface area (TPSA) is 61.1 Å². The van der Waals surface area contributed by atoms with Crippen LogP contribution in [0.2, 0.25) is 0 Å². The summed E-state index contributed by atoms with van der Waals surface area (Å²) in [7, 11) is 0.0842. The van der Waals surface area contributed by atoms with Crippen molar-refractivity contribution in [2.45, 2.75) is 12.7 Å². The number of aliphatic imine (C=N–C) groups is 1. The summed E-state index contributed by atoms with van der Waals surface area (Å²) in [6.45, 7) is 2.85. The molecule has 0 amide bonds. The van der Waals surface area contributed by atoms with Gasteiger partial charge in [-0.15, -0.1) is 11.3 Å². The zero-order valence-electron chi connectivity index (χ0n) is 8.36. The smallest absolute Gasteiger partial charge is 0.250 e. The number of aryl methyl sites for hydroxylation is 1. The highest BCUT2D eigenvalue weighted by Gasteiger charge is 2.32. The molecule has 6 heteroatoms. The van der Waals surface area contributed by atoms with E-state index < -0.39 is 0 Å². The summed E-state index contributed by atoms with van der Waals surface area (Å²) >= 11 is 1.72. The van der Waals surface area contributed by atoms with E-state index in [-0.39, 0.29) is 10.9 Å². The number of nitrogens with one attached hydrogen (secondary N) is 1. The van der Waals surface area contributed by atoms with Crippen LogP contribution in [0.4, 0.5) is 0 Å². The van der Waals surface area contributed by atoms with Crippen molar-refractivity contribution in [3.63, 3.8) is 0 Å². The summed E-state index contributed by atoms with van der Waals surface area (Å²) in [6, 6.07) is 0. The molecule has 2 rings (SSSR count). The number of aromatic nitrogens is 1. The Labute approximate surface area is 95.4 Å². The second kappa shape index (κ2) is 4.64. The average molecular weight is 239 g/mol. The highest BCUT2D eigenvalue weighted by molar-refractivity contribution is 8.10. The second-order valence-corrected chi connectivity index (χ2v) is 6.50. The molecule has 1 atom stereocenters. The lowest BCUT2D eigenvalue weighted by Crippen LogP contribution is -2.27. The van der Waals surface area contributed by atoms with Gasteiger partial charge in [-0.1, -0.05) is 0 Å². The van der Waals surface area contributed by atoms with E-state index in [0.717, 1.165) is 28.2 Å². The summed E-state index contributed by atoms with van der Waals surface area (Å²) in [6.07, 6.45) is 3.87. The van der Waals surface area contributed by atoms with Crippen molar-refractivity contribution >= 4 is 27.4 Å². The predicted molar refractivity (Wildman–Crippen MR) is 63.8 cm³/mol. The third-order valence-electron chi connectivity index (χ3n) is 2.02. The molecule has 1 aromatic heterocycles. The van der Waals surface area contributed by atoms with Crippen molar-refractivity contribution < 1.29 is 0 Å². The Balaban J connectivity index is 2.01. The number of nitrogens with zero attached hydrogens (tertiary/aromatic N) is 3. The van der Waals surface area contributed by atoms with Crippen LogP contribution in [0.25, 0.3) is 0 Å². The minimum Gasteiger partial charge on any atom is -0.250 e. The Morgan fingerprint density at radius 2 is 2.60 bits per heavy atom. The molecular weight excluding hydrogens is 228 g/mol. The molecule has 15 heavy (non-hydrogen) atoms. The lowest BCUT2D eigenvalue weighted by Gasteiger charge is -1.98. The van der Waals surface area contributed by atoms with Crippen LogP contribution in [0.1, 0.15) is 9.88 Å². The first-order valence-corrected chi connectivity index (χ1v) is 6.96. The Morgan fingerprint density at radius 1 is 1.73 bits per heavy atom. The molecule has 78 valence electrons. The van der Waals surface area contributed by atoms with Gasteiger partial charge in [-0.3, -0.25) is 0 Å². The summed E-state index contributed by atoms with van der Waals surface area (Å²) in [4.78, 5) is 9.80. The lowest BCUT2D eigenvalue weighted by atomic mass is 10.6. The molecule has 0 aromatic carbocycles. The van der Waals surface area contributed by atoms with Gasteiger partial charge in [-0.25, -0.2) is 15.3 Å². The first-order chi connectivity index (χ1) is 7.29. The molecule has 1 unspecified atom stereocenters. The highest BCUT2D eigenvalue weighted by atomic mass is 32.2. The van der Waals surface area contributed by atoms with E-state index in [1.807, 2.05) is 19.3 Å². The van der Waals surface area contributed by atoms with Crippen molar-refractivity contribution in [2.75, 3.05) is 12.3 Å². The summed E-state index contributed by atoms with van der Waals surface area (Å²) in [5.74, 6) is 2.03. The summed E-state index contributed by atoms with van der Waals surface area (Å²) in [5.41, 5.74) is 0. The first-order valence-electron chi connectivity index (χ1n) is 4.58. The Morgan fingerprint density at radius 3 is 3.27 bits per heavy atom. The van der Waals surface area contributed by atoms with Gasteiger partial charge in [0.15, 0.2) is 11.9 Å². The standard InChI is InChI=1S/C9H11N4S2/c1-7-12-4-8(14-7)5-15-3-2-11-9(15)13-6-10/h4H,2-3,5H2,1H3,(H,11,13)/q+1. The quantitative estimate of drug-likeness (QED) is 0.476. The zero-order valence-corrected chi connectivity index (χ0v) is 9.99. The predicted octanol–water partition coefficient (Wildman–Crippen LogP) is 1.01. The fraction of sp³-hybridized carbons (Fsp3) is 0.444. The van der Waals surface area contributed by atoms with Gasteiger partial charge < -0.3 is 0 Å². The van der Waals surface area contributed by atoms with Gasteiger partial charge >= 0.3 is 5.17 Å². The van der Waals surface area contributed by atoms with Gasteiger partial charge in [0.25, 0.3) is 0 Å². The lowest BCUT2D eigenvalue weighted by molar-refractivity contribution is 1.15. The van der Waals surface area contributed by atoms with Crippen LogP contribution in [-0.4, -0.2) is 22.4 Å². The van der Waals surface area contributed by atoms with Crippen LogP contribution < -0.4 is 5.32 Å². The number of thiazole rings is 1. The monoisotopic (exact) mass is 239 g/mol. The third-order valence-corrected chi connectivity index (χ3v) is 5.22. The number of amidine groups is 1. The van der Waals surface area contributed by atoms with Gasteiger partial charge in [0.2, 0.25) is 0 Å². The molecule has 0 fully saturated rings. The molecule has 0 spiro atoms. The van der Waals surface area contributed by atoms with E-state index >= 15 is 0 Å². The summed E-state index contributed by atoms with van der Waals surface area (Å²) in [5, 5.41) is 13.2. The van der Waals surface area contributed by atoms with Crippen LogP contribution in [-0.2, 0) is 16.6 Å². The molecule has 1 aromatic rings. The van der Waals surface area contributed by atoms with Gasteiger partial charge in [0.05, 0.1) is 27.3 Å². The maximum absolute atomic E-state index is 8.57. The Bertz CT molecular complexity index is 418. The van der Waals surface area contributed by atoms with Crippen molar-refractivity contribution in [2.24, 2.45) is 4.99 Å². The molecule has 0 saturated carbocycles. The van der Waals surface area contributed by atoms with Crippen LogP contribution in [0.5, 0.6) is 0 Å². The van der Waals surface area contributed by atoms with Gasteiger partial charge in [-0.2, -0.15) is 5.26 Å². The van der Waals surface area contributed by atoms with E-state index in [1.54, 1.807) is 11.3 Å². The molecular formula is C9H11N4S2+. The number of hydrogen-bond acceptors (Lipinski definition) is 5. The average Bonchev–Trinajstić information content (AvgIpc) is 2.78. The third kappa shape index (κ3) is 2.49. The first kappa shape index (κ1) is 10.5. The molecule has 1 aliphatic rings. The minimum atomic E-state index is 0.0842. The maximum atomic E-state index is 8.57. The van der Waals surface area contributed by atoms with Crippen molar-refractivity contribution in [1.82, 2.24) is 10.3 Å². The van der Waals surface area contributed by atoms with E-state index in [4.69, 9.17) is 5.26 Å². The molecule has 2 heterocycles. The van der Waals surface area contributed by atoms with E-state index in [2.05, 4.69) is 15.3 Å². The molecule has 1 aliphatic heterocycles. The molecule has 0 aliphatic carbocycles. The highest BCUT2D eigenvalue weighted by Crippen LogP contribution is 2.19.